The van der Waals surface area contributed by atoms with Crippen molar-refractivity contribution in [3.8, 4) is 0 Å². The number of nitrogens with one attached hydrogen (secondary N) is 1. The molecule has 0 saturated heterocycles. The number of nitro groups is 1. The van der Waals surface area contributed by atoms with Gasteiger partial charge in [0.2, 0.25) is 0 Å². The molecule has 1 aromatic rings. The van der Waals surface area contributed by atoms with E-state index in [0.29, 0.717) is 5.56 Å². The molecule has 0 aliphatic heterocycles. The van der Waals surface area contributed by atoms with Gasteiger partial charge in [0, 0.05) is 22.9 Å². The van der Waals surface area contributed by atoms with Crippen molar-refractivity contribution in [3.05, 3.63) is 39.4 Å². The second-order valence-electron chi connectivity index (χ2n) is 6.11. The number of aryl methyl sites for hydroxylation is 1. The van der Waals surface area contributed by atoms with Crippen LogP contribution >= 0.6 is 0 Å². The van der Waals surface area contributed by atoms with E-state index in [4.69, 9.17) is 0 Å². The van der Waals surface area contributed by atoms with Crippen LogP contribution in [0.2, 0.25) is 0 Å². The Labute approximate surface area is 136 Å². The Hall–Kier alpha value is -2.24. The molecule has 1 aromatic carbocycles. The van der Waals surface area contributed by atoms with Gasteiger partial charge in [-0.25, -0.2) is 5.43 Å². The molecule has 0 unspecified atom stereocenters. The van der Waals surface area contributed by atoms with Gasteiger partial charge in [-0.05, 0) is 44.6 Å². The molecule has 1 aliphatic carbocycles. The first-order valence-corrected chi connectivity index (χ1v) is 8.12. The summed E-state index contributed by atoms with van der Waals surface area (Å²) < 4.78 is 0. The Balaban J connectivity index is 1.96. The van der Waals surface area contributed by atoms with Crippen molar-refractivity contribution in [1.82, 2.24) is 5.43 Å². The Kier molecular flexibility index (Phi) is 5.84. The van der Waals surface area contributed by atoms with Crippen LogP contribution < -0.4 is 5.43 Å². The van der Waals surface area contributed by atoms with Crippen molar-refractivity contribution in [2.75, 3.05) is 0 Å². The average Bonchev–Trinajstić information content (AvgIpc) is 2.54. The lowest BCUT2D eigenvalue weighted by atomic mass is 9.85. The molecule has 0 spiro atoms. The molecule has 124 valence electrons. The molecule has 0 heterocycles. The van der Waals surface area contributed by atoms with E-state index in [0.717, 1.165) is 37.3 Å². The molecule has 0 bridgehead atoms. The molecule has 0 radical (unpaired) electrons. The second kappa shape index (κ2) is 7.85. The second-order valence-corrected chi connectivity index (χ2v) is 6.11. The van der Waals surface area contributed by atoms with Gasteiger partial charge in [-0.15, -0.1) is 0 Å². The first-order chi connectivity index (χ1) is 11.0. The van der Waals surface area contributed by atoms with E-state index in [-0.39, 0.29) is 11.3 Å². The van der Waals surface area contributed by atoms with E-state index in [1.165, 1.54) is 18.9 Å². The van der Waals surface area contributed by atoms with Crippen LogP contribution in [0, 0.1) is 23.0 Å². The van der Waals surface area contributed by atoms with Crippen LogP contribution in [0.15, 0.2) is 23.3 Å². The first-order valence-electron chi connectivity index (χ1n) is 8.12. The number of carbonyl (C=O) groups excluding carboxylic acids is 1. The summed E-state index contributed by atoms with van der Waals surface area (Å²) >= 11 is 0. The Bertz CT molecular complexity index is 616. The number of hydrazone groups is 1. The zero-order valence-electron chi connectivity index (χ0n) is 13.7. The number of nitro benzene ring substituents is 1. The number of nitrogens with zero attached hydrogens (tertiary/aromatic N) is 2. The molecule has 1 saturated carbocycles. The maximum absolute atomic E-state index is 12.1. The molecule has 23 heavy (non-hydrogen) atoms. The minimum absolute atomic E-state index is 0.0506. The maximum atomic E-state index is 12.1. The summed E-state index contributed by atoms with van der Waals surface area (Å²) in [4.78, 5) is 22.6. The molecular weight excluding hydrogens is 294 g/mol. The number of carbonyl (C=O) groups is 1. The van der Waals surface area contributed by atoms with Crippen LogP contribution in [0.5, 0.6) is 0 Å². The molecular formula is C17H23N3O3. The van der Waals surface area contributed by atoms with Crippen LogP contribution in [0.25, 0.3) is 0 Å². The lowest BCUT2D eigenvalue weighted by Crippen LogP contribution is -2.22. The smallest absolute Gasteiger partial charge is 0.267 e. The molecule has 1 aliphatic rings. The lowest BCUT2D eigenvalue weighted by molar-refractivity contribution is -0.385. The number of hydrogen-bond acceptors (Lipinski definition) is 4. The summed E-state index contributed by atoms with van der Waals surface area (Å²) in [5.41, 5.74) is 4.27. The molecule has 1 amide bonds. The van der Waals surface area contributed by atoms with Gasteiger partial charge in [0.15, 0.2) is 0 Å². The van der Waals surface area contributed by atoms with Gasteiger partial charge in [0.25, 0.3) is 11.6 Å². The van der Waals surface area contributed by atoms with Gasteiger partial charge < -0.3 is 0 Å². The zero-order valence-corrected chi connectivity index (χ0v) is 13.7. The van der Waals surface area contributed by atoms with Gasteiger partial charge >= 0.3 is 0 Å². The Morgan fingerprint density at radius 1 is 1.39 bits per heavy atom. The van der Waals surface area contributed by atoms with Crippen LogP contribution in [0.1, 0.15) is 61.4 Å². The number of rotatable bonds is 5. The van der Waals surface area contributed by atoms with Crippen molar-refractivity contribution in [2.45, 2.75) is 52.4 Å². The lowest BCUT2D eigenvalue weighted by Gasteiger charge is -2.22. The van der Waals surface area contributed by atoms with E-state index in [2.05, 4.69) is 17.5 Å². The van der Waals surface area contributed by atoms with Gasteiger partial charge in [-0.1, -0.05) is 25.8 Å². The van der Waals surface area contributed by atoms with Crippen molar-refractivity contribution in [1.29, 1.82) is 0 Å². The fourth-order valence-corrected chi connectivity index (χ4v) is 2.96. The highest BCUT2D eigenvalue weighted by molar-refractivity contribution is 5.96. The van der Waals surface area contributed by atoms with Crippen molar-refractivity contribution < 1.29 is 9.72 Å². The topological polar surface area (TPSA) is 84.6 Å². The fourth-order valence-electron chi connectivity index (χ4n) is 2.96. The van der Waals surface area contributed by atoms with Crippen molar-refractivity contribution in [3.63, 3.8) is 0 Å². The minimum atomic E-state index is -0.479. The van der Waals surface area contributed by atoms with E-state index in [1.54, 1.807) is 19.1 Å². The van der Waals surface area contributed by atoms with Crippen molar-refractivity contribution >= 4 is 17.3 Å². The van der Waals surface area contributed by atoms with E-state index >= 15 is 0 Å². The highest BCUT2D eigenvalue weighted by atomic mass is 16.6. The minimum Gasteiger partial charge on any atom is -0.267 e. The molecule has 1 N–H and O–H groups in total. The molecule has 0 aromatic heterocycles. The van der Waals surface area contributed by atoms with E-state index in [9.17, 15) is 14.9 Å². The van der Waals surface area contributed by atoms with Gasteiger partial charge in [-0.3, -0.25) is 14.9 Å². The Morgan fingerprint density at radius 2 is 2.09 bits per heavy atom. The quantitative estimate of drug-likeness (QED) is 0.658. The molecule has 6 nitrogen and oxygen atoms in total. The van der Waals surface area contributed by atoms with Crippen LogP contribution in [-0.4, -0.2) is 16.5 Å². The predicted octanol–water partition coefficient (Wildman–Crippen LogP) is 3.98. The third-order valence-electron chi connectivity index (χ3n) is 4.36. The summed E-state index contributed by atoms with van der Waals surface area (Å²) in [6.45, 7) is 3.85. The first kappa shape index (κ1) is 17.1. The Morgan fingerprint density at radius 3 is 2.70 bits per heavy atom. The van der Waals surface area contributed by atoms with Crippen LogP contribution in [0.3, 0.4) is 0 Å². The maximum Gasteiger partial charge on any atom is 0.273 e. The third-order valence-corrected chi connectivity index (χ3v) is 4.36. The summed E-state index contributed by atoms with van der Waals surface area (Å²) in [5.74, 6) is 0.366. The molecule has 6 heteroatoms. The van der Waals surface area contributed by atoms with Crippen molar-refractivity contribution in [2.24, 2.45) is 11.0 Å². The SMILES string of the molecule is CCCC1CCC(=NNC(=O)c2ccc(C)c([N+](=O)[O-])c2)CC1. The molecule has 0 atom stereocenters. The zero-order chi connectivity index (χ0) is 16.8. The predicted molar refractivity (Wildman–Crippen MR) is 89.6 cm³/mol. The molecule has 1 fully saturated rings. The normalized spacial score (nSPS) is 17.7. The van der Waals surface area contributed by atoms with Gasteiger partial charge in [0.1, 0.15) is 0 Å². The summed E-state index contributed by atoms with van der Waals surface area (Å²) in [6.07, 6.45) is 6.54. The average molecular weight is 317 g/mol. The van der Waals surface area contributed by atoms with Gasteiger partial charge in [0.05, 0.1) is 4.92 Å². The fraction of sp³-hybridized carbons (Fsp3) is 0.529. The van der Waals surface area contributed by atoms with Gasteiger partial charge in [-0.2, -0.15) is 5.10 Å². The highest BCUT2D eigenvalue weighted by Gasteiger charge is 2.18. The van der Waals surface area contributed by atoms with Crippen LogP contribution in [-0.2, 0) is 0 Å². The number of hydrogen-bond donors (Lipinski definition) is 1. The largest absolute Gasteiger partial charge is 0.273 e. The third kappa shape index (κ3) is 4.61. The summed E-state index contributed by atoms with van der Waals surface area (Å²) in [6, 6.07) is 4.45. The summed E-state index contributed by atoms with van der Waals surface area (Å²) in [5, 5.41) is 15.1. The number of amides is 1. The number of benzene rings is 1. The monoisotopic (exact) mass is 317 g/mol. The van der Waals surface area contributed by atoms with E-state index in [1.807, 2.05) is 0 Å². The van der Waals surface area contributed by atoms with E-state index < -0.39 is 10.8 Å². The summed E-state index contributed by atoms with van der Waals surface area (Å²) in [7, 11) is 0. The standard InChI is InChI=1S/C17H23N3O3/c1-3-4-13-6-9-15(10-7-13)18-19-17(21)14-8-5-12(2)16(11-14)20(22)23/h5,8,11,13H,3-4,6-7,9-10H2,1-2H3,(H,19,21). The van der Waals surface area contributed by atoms with Crippen LogP contribution in [0.4, 0.5) is 5.69 Å². The highest BCUT2D eigenvalue weighted by Crippen LogP contribution is 2.26. The molecule has 2 rings (SSSR count).